The third-order valence-corrected chi connectivity index (χ3v) is 8.38. The highest BCUT2D eigenvalue weighted by Crippen LogP contribution is 2.51. The molecule has 1 saturated carbocycles. The molecule has 4 aliphatic rings. The van der Waals surface area contributed by atoms with Crippen LogP contribution in [0.2, 0.25) is 0 Å². The van der Waals surface area contributed by atoms with Gasteiger partial charge in [-0.3, -0.25) is 4.98 Å². The van der Waals surface area contributed by atoms with E-state index in [4.69, 9.17) is 43.0 Å². The molecule has 1 aromatic carbocycles. The largest absolute Gasteiger partial charge is 0.477 e. The average molecular weight is 526 g/mol. The minimum atomic E-state index is -1.65. The molecule has 2 atom stereocenters. The topological polar surface area (TPSA) is 77.7 Å². The van der Waals surface area contributed by atoms with Crippen LogP contribution in [0.4, 0.5) is 5.69 Å². The first-order chi connectivity index (χ1) is 19.4. The monoisotopic (exact) mass is 526 g/mol. The third-order valence-electron chi connectivity index (χ3n) is 8.38. The highest BCUT2D eigenvalue weighted by molar-refractivity contribution is 6.59. The first kappa shape index (κ1) is 25.6. The summed E-state index contributed by atoms with van der Waals surface area (Å²) in [5.74, 6) is 1.68. The average Bonchev–Trinajstić information content (AvgIpc) is 3.43. The van der Waals surface area contributed by atoms with Crippen LogP contribution in [0.3, 0.4) is 0 Å². The Hall–Kier alpha value is -3.33. The van der Waals surface area contributed by atoms with Gasteiger partial charge in [-0.25, -0.2) is 9.67 Å². The molecule has 0 amide bonds. The number of nitrogens with zero attached hydrogens (tertiary/aromatic N) is 6. The van der Waals surface area contributed by atoms with Gasteiger partial charge < -0.3 is 14.4 Å². The van der Waals surface area contributed by atoms with Crippen molar-refractivity contribution in [1.82, 2.24) is 20.0 Å². The molecule has 1 saturated heterocycles. The summed E-state index contributed by atoms with van der Waals surface area (Å²) in [5.41, 5.74) is 5.87. The molecule has 3 aromatic rings. The first-order valence-electron chi connectivity index (χ1n) is 14.0. The quantitative estimate of drug-likeness (QED) is 0.421. The van der Waals surface area contributed by atoms with Crippen LogP contribution in [0, 0.1) is 11.8 Å². The van der Waals surface area contributed by atoms with E-state index in [1.165, 1.54) is 18.4 Å². The van der Waals surface area contributed by atoms with Crippen LogP contribution in [0.1, 0.15) is 48.7 Å². The predicted octanol–water partition coefficient (Wildman–Crippen LogP) is 3.03. The fraction of sp³-hybridized carbons (Fsp3) is 0.448. The van der Waals surface area contributed by atoms with Gasteiger partial charge in [-0.05, 0) is 49.1 Å². The summed E-state index contributed by atoms with van der Waals surface area (Å²) < 4.78 is 13.7. The summed E-state index contributed by atoms with van der Waals surface area (Å²) in [6.07, 6.45) is 8.19. The maximum absolute atomic E-state index is 6.28. The zero-order valence-electron chi connectivity index (χ0n) is 22.6. The second kappa shape index (κ2) is 9.94. The van der Waals surface area contributed by atoms with Gasteiger partial charge >= 0.3 is 0 Å². The van der Waals surface area contributed by atoms with Crippen molar-refractivity contribution >= 4 is 41.0 Å². The smallest absolute Gasteiger partial charge is 0.221 e. The second-order valence-corrected chi connectivity index (χ2v) is 11.3. The molecule has 8 nitrogen and oxygen atoms in total. The third kappa shape index (κ3) is 4.48. The molecule has 1 unspecified atom stereocenters. The van der Waals surface area contributed by atoms with Crippen molar-refractivity contribution in [3.8, 4) is 11.3 Å². The van der Waals surface area contributed by atoms with Crippen LogP contribution < -0.4 is 4.90 Å². The summed E-state index contributed by atoms with van der Waals surface area (Å²) in [6.45, 7) is 2.19. The number of pyridine rings is 1. The highest BCUT2D eigenvalue weighted by atomic mass is 16.5. The molecule has 0 bridgehead atoms. The van der Waals surface area contributed by atoms with Gasteiger partial charge in [-0.2, -0.15) is 0 Å². The lowest BCUT2D eigenvalue weighted by Gasteiger charge is -2.40. The Morgan fingerprint density at radius 1 is 1.10 bits per heavy atom. The van der Waals surface area contributed by atoms with Crippen molar-refractivity contribution < 1.29 is 9.47 Å². The van der Waals surface area contributed by atoms with E-state index in [-0.39, 0.29) is 12.1 Å². The van der Waals surface area contributed by atoms with Crippen molar-refractivity contribution in [2.24, 2.45) is 23.9 Å². The molecule has 40 heavy (non-hydrogen) atoms. The maximum Gasteiger partial charge on any atom is 0.221 e. The molecule has 7 rings (SSSR count). The van der Waals surface area contributed by atoms with Crippen LogP contribution in [0.25, 0.3) is 16.8 Å². The van der Waals surface area contributed by atoms with Crippen LogP contribution >= 0.6 is 0 Å². The Kier molecular flexibility index (Phi) is 6.37. The number of hydrogen-bond acceptors (Lipinski definition) is 7. The van der Waals surface area contributed by atoms with Crippen LogP contribution in [0.5, 0.6) is 0 Å². The number of aromatic nitrogens is 4. The van der Waals surface area contributed by atoms with Crippen LogP contribution in [-0.4, -0.2) is 75.6 Å². The zero-order valence-corrected chi connectivity index (χ0v) is 22.6. The maximum atomic E-state index is 6.28. The fourth-order valence-corrected chi connectivity index (χ4v) is 6.23. The van der Waals surface area contributed by atoms with Crippen molar-refractivity contribution in [3.63, 3.8) is 0 Å². The van der Waals surface area contributed by atoms with E-state index in [9.17, 15) is 0 Å². The molecule has 0 spiro atoms. The molecule has 5 heterocycles. The Labute approximate surface area is 238 Å². The fourth-order valence-electron chi connectivity index (χ4n) is 6.23. The van der Waals surface area contributed by atoms with Gasteiger partial charge in [0.15, 0.2) is 0 Å². The number of aliphatic imine (C=N–C) groups is 1. The number of aryl methyl sites for hydroxylation is 1. The Morgan fingerprint density at radius 2 is 1.88 bits per heavy atom. The van der Waals surface area contributed by atoms with Gasteiger partial charge in [-0.1, -0.05) is 40.7 Å². The van der Waals surface area contributed by atoms with E-state index in [2.05, 4.69) is 51.6 Å². The Morgan fingerprint density at radius 3 is 2.60 bits per heavy atom. The molecule has 1 aliphatic carbocycles. The van der Waals surface area contributed by atoms with E-state index >= 15 is 0 Å². The lowest BCUT2D eigenvalue weighted by atomic mass is 9.41. The van der Waals surface area contributed by atoms with E-state index < -0.39 is 5.11 Å². The Bertz CT molecular complexity index is 1470. The normalized spacial score (nSPS) is 21.5. The summed E-state index contributed by atoms with van der Waals surface area (Å²) in [6, 6.07) is 12.8. The number of benzene rings is 1. The van der Waals surface area contributed by atoms with Crippen molar-refractivity contribution in [3.05, 3.63) is 65.4 Å². The van der Waals surface area contributed by atoms with E-state index in [1.807, 2.05) is 12.4 Å². The Balaban J connectivity index is 1.39. The molecule has 11 heteroatoms. The molecule has 0 N–H and O–H groups in total. The minimum Gasteiger partial charge on any atom is -0.477 e. The van der Waals surface area contributed by atoms with Crippen LogP contribution in [0.15, 0.2) is 53.5 Å². The molecule has 3 aliphatic heterocycles. The highest BCUT2D eigenvalue weighted by Gasteiger charge is 2.46. The minimum absolute atomic E-state index is 0.0828. The molecule has 2 aromatic heterocycles. The van der Waals surface area contributed by atoms with Gasteiger partial charge in [0.25, 0.3) is 0 Å². The molecule has 6 radical (unpaired) electrons. The SMILES string of the molecule is [B]C([B])([B])c1nnn(C)c1-c1cnc2c(c1)N([C@H](c1ccccc1)C1CCOCC1)C1C=NC(OCC3CC3)=C21. The number of rotatable bonds is 8. The number of anilines is 1. The first-order valence-corrected chi connectivity index (χ1v) is 14.0. The standard InChI is InChI=1S/C29H29B3N6O2/c1-37-26(27(35-36-37)29(30,31)32)20-13-21-24(33-14-20)23-22(15-34-28(23)40-16-17-7-8-17)38(21)25(18-5-3-2-4-6-18)19-9-11-39-12-10-19/h2-6,13-15,17,19,22,25H,7-12,16H2,1H3/t22?,25-/m1/s1. The van der Waals surface area contributed by atoms with Gasteiger partial charge in [-0.15, -0.1) is 5.10 Å². The van der Waals surface area contributed by atoms with Gasteiger partial charge in [0, 0.05) is 38.2 Å². The van der Waals surface area contributed by atoms with Crippen molar-refractivity contribution in [2.75, 3.05) is 24.7 Å². The lowest BCUT2D eigenvalue weighted by Crippen LogP contribution is -2.41. The summed E-state index contributed by atoms with van der Waals surface area (Å²) in [4.78, 5) is 12.3. The lowest BCUT2D eigenvalue weighted by molar-refractivity contribution is 0.0573. The van der Waals surface area contributed by atoms with Crippen molar-refractivity contribution in [2.45, 2.75) is 42.9 Å². The van der Waals surface area contributed by atoms with E-state index in [0.29, 0.717) is 35.7 Å². The molecular weight excluding hydrogens is 497 g/mol. The molecular formula is C29H29B3N6O2. The van der Waals surface area contributed by atoms with Gasteiger partial charge in [0.05, 0.1) is 70.6 Å². The second-order valence-electron chi connectivity index (χ2n) is 11.3. The zero-order chi connectivity index (χ0) is 27.4. The van der Waals surface area contributed by atoms with Gasteiger partial charge in [0.1, 0.15) is 0 Å². The number of hydrogen-bond donors (Lipinski definition) is 0. The molecule has 196 valence electrons. The van der Waals surface area contributed by atoms with E-state index in [1.54, 1.807) is 11.7 Å². The molecule has 2 fully saturated rings. The predicted molar refractivity (Wildman–Crippen MR) is 156 cm³/mol. The summed E-state index contributed by atoms with van der Waals surface area (Å²) in [7, 11) is 20.0. The van der Waals surface area contributed by atoms with E-state index in [0.717, 1.165) is 48.6 Å². The summed E-state index contributed by atoms with van der Waals surface area (Å²) in [5, 5.41) is 6.70. The summed E-state index contributed by atoms with van der Waals surface area (Å²) >= 11 is 0. The van der Waals surface area contributed by atoms with Crippen molar-refractivity contribution in [1.29, 1.82) is 0 Å². The number of fused-ring (bicyclic) bond motifs is 3. The number of ether oxygens (including phenoxy) is 2. The van der Waals surface area contributed by atoms with Gasteiger partial charge in [0.2, 0.25) is 5.88 Å². The van der Waals surface area contributed by atoms with Crippen LogP contribution in [-0.2, 0) is 21.6 Å².